The Morgan fingerprint density at radius 2 is 1.75 bits per heavy atom. The van der Waals surface area contributed by atoms with Crippen molar-refractivity contribution < 1.29 is 0 Å². The lowest BCUT2D eigenvalue weighted by molar-refractivity contribution is 0.868. The van der Waals surface area contributed by atoms with Crippen LogP contribution < -0.4 is 0 Å². The van der Waals surface area contributed by atoms with Crippen LogP contribution in [0.2, 0.25) is 0 Å². The van der Waals surface area contributed by atoms with Crippen molar-refractivity contribution >= 4 is 22.2 Å². The molecule has 0 saturated carbocycles. The molecule has 0 aliphatic carbocycles. The van der Waals surface area contributed by atoms with Crippen LogP contribution in [0.15, 0.2) is 41.9 Å². The van der Waals surface area contributed by atoms with Crippen LogP contribution in [0.5, 0.6) is 0 Å². The van der Waals surface area contributed by atoms with Gasteiger partial charge in [0.05, 0.1) is 11.2 Å². The Labute approximate surface area is 124 Å². The minimum atomic E-state index is 0.580. The number of rotatable bonds is 3. The van der Waals surface area contributed by atoms with Crippen molar-refractivity contribution in [2.75, 3.05) is 0 Å². The highest BCUT2D eigenvalue weighted by molar-refractivity contribution is 7.10. The number of aromatic nitrogens is 1. The summed E-state index contributed by atoms with van der Waals surface area (Å²) in [6, 6.07) is 11.3. The summed E-state index contributed by atoms with van der Waals surface area (Å²) in [5.41, 5.74) is 3.98. The fourth-order valence-electron chi connectivity index (χ4n) is 2.52. The van der Waals surface area contributed by atoms with Gasteiger partial charge in [0, 0.05) is 21.8 Å². The van der Waals surface area contributed by atoms with Gasteiger partial charge < -0.3 is 4.57 Å². The first-order valence-corrected chi connectivity index (χ1v) is 8.14. The standard InChI is InChI=1S/C18H21NS/c1-12(2)14-5-6-17-15(9-14)7-8-19(17)16-10-18(13(3)4)20-11-16/h5-13H,1-4H3. The van der Waals surface area contributed by atoms with Crippen LogP contribution in [0.25, 0.3) is 16.6 Å². The van der Waals surface area contributed by atoms with E-state index in [0.29, 0.717) is 11.8 Å². The molecule has 0 N–H and O–H groups in total. The molecule has 0 fully saturated rings. The van der Waals surface area contributed by atoms with E-state index >= 15 is 0 Å². The third-order valence-corrected chi connectivity index (χ3v) is 5.05. The Morgan fingerprint density at radius 1 is 0.950 bits per heavy atom. The highest BCUT2D eigenvalue weighted by Crippen LogP contribution is 2.29. The molecule has 2 aromatic heterocycles. The molecule has 0 aliphatic rings. The first-order valence-electron chi connectivity index (χ1n) is 7.26. The smallest absolute Gasteiger partial charge is 0.0565 e. The minimum Gasteiger partial charge on any atom is -0.316 e. The molecule has 1 aromatic carbocycles. The summed E-state index contributed by atoms with van der Waals surface area (Å²) in [6.45, 7) is 8.98. The first kappa shape index (κ1) is 13.4. The molecule has 0 spiro atoms. The van der Waals surface area contributed by atoms with E-state index in [4.69, 9.17) is 0 Å². The van der Waals surface area contributed by atoms with Gasteiger partial charge in [-0.15, -0.1) is 11.3 Å². The summed E-state index contributed by atoms with van der Waals surface area (Å²) in [7, 11) is 0. The summed E-state index contributed by atoms with van der Waals surface area (Å²) < 4.78 is 2.29. The van der Waals surface area contributed by atoms with Crippen LogP contribution in [0.3, 0.4) is 0 Å². The Balaban J connectivity index is 2.07. The van der Waals surface area contributed by atoms with Crippen molar-refractivity contribution in [1.82, 2.24) is 4.57 Å². The Morgan fingerprint density at radius 3 is 2.40 bits per heavy atom. The van der Waals surface area contributed by atoms with Crippen LogP contribution >= 0.6 is 11.3 Å². The first-order chi connectivity index (χ1) is 9.56. The van der Waals surface area contributed by atoms with Gasteiger partial charge in [-0.1, -0.05) is 33.8 Å². The molecule has 0 aliphatic heterocycles. The van der Waals surface area contributed by atoms with E-state index in [1.807, 2.05) is 11.3 Å². The number of thiophene rings is 1. The average molecular weight is 283 g/mol. The fourth-order valence-corrected chi connectivity index (χ4v) is 3.42. The molecular weight excluding hydrogens is 262 g/mol. The molecule has 104 valence electrons. The minimum absolute atomic E-state index is 0.580. The normalized spacial score (nSPS) is 11.9. The van der Waals surface area contributed by atoms with E-state index in [0.717, 1.165) is 0 Å². The molecule has 0 bridgehead atoms. The third kappa shape index (κ3) is 2.29. The summed E-state index contributed by atoms with van der Waals surface area (Å²) >= 11 is 1.85. The average Bonchev–Trinajstić information content (AvgIpc) is 3.03. The molecule has 3 aromatic rings. The predicted molar refractivity (Wildman–Crippen MR) is 89.3 cm³/mol. The van der Waals surface area contributed by atoms with Crippen molar-refractivity contribution in [3.63, 3.8) is 0 Å². The number of hydrogen-bond donors (Lipinski definition) is 0. The summed E-state index contributed by atoms with van der Waals surface area (Å²) in [5, 5.41) is 3.58. The van der Waals surface area contributed by atoms with E-state index < -0.39 is 0 Å². The van der Waals surface area contributed by atoms with Crippen molar-refractivity contribution in [3.8, 4) is 5.69 Å². The Bertz CT molecular complexity index is 731. The van der Waals surface area contributed by atoms with Gasteiger partial charge in [-0.25, -0.2) is 0 Å². The summed E-state index contributed by atoms with van der Waals surface area (Å²) in [4.78, 5) is 1.45. The molecule has 2 heterocycles. The van der Waals surface area contributed by atoms with E-state index in [-0.39, 0.29) is 0 Å². The number of fused-ring (bicyclic) bond motifs is 1. The molecule has 2 heteroatoms. The zero-order valence-corrected chi connectivity index (χ0v) is 13.4. The van der Waals surface area contributed by atoms with Gasteiger partial charge in [0.2, 0.25) is 0 Å². The molecule has 0 atom stereocenters. The SMILES string of the molecule is CC(C)c1ccc2c(ccn2-c2csc(C(C)C)c2)c1. The second-order valence-electron chi connectivity index (χ2n) is 6.02. The monoisotopic (exact) mass is 283 g/mol. The Hall–Kier alpha value is -1.54. The van der Waals surface area contributed by atoms with Gasteiger partial charge in [-0.3, -0.25) is 0 Å². The number of nitrogens with zero attached hydrogens (tertiary/aromatic N) is 1. The van der Waals surface area contributed by atoms with Crippen LogP contribution in [-0.4, -0.2) is 4.57 Å². The molecule has 0 unspecified atom stereocenters. The zero-order valence-electron chi connectivity index (χ0n) is 12.6. The second-order valence-corrected chi connectivity index (χ2v) is 6.96. The summed E-state index contributed by atoms with van der Waals surface area (Å²) in [6.07, 6.45) is 2.18. The van der Waals surface area contributed by atoms with Gasteiger partial charge in [-0.2, -0.15) is 0 Å². The highest BCUT2D eigenvalue weighted by Gasteiger charge is 2.09. The lowest BCUT2D eigenvalue weighted by Gasteiger charge is -2.07. The molecule has 3 rings (SSSR count). The summed E-state index contributed by atoms with van der Waals surface area (Å²) in [5.74, 6) is 1.18. The van der Waals surface area contributed by atoms with E-state index in [1.165, 1.54) is 27.0 Å². The number of hydrogen-bond acceptors (Lipinski definition) is 1. The molecule has 1 nitrogen and oxygen atoms in total. The van der Waals surface area contributed by atoms with E-state index in [9.17, 15) is 0 Å². The maximum Gasteiger partial charge on any atom is 0.0565 e. The van der Waals surface area contributed by atoms with Crippen molar-refractivity contribution in [2.24, 2.45) is 0 Å². The van der Waals surface area contributed by atoms with Crippen LogP contribution in [0.4, 0.5) is 0 Å². The molecule has 0 radical (unpaired) electrons. The third-order valence-electron chi connectivity index (χ3n) is 3.83. The van der Waals surface area contributed by atoms with Gasteiger partial charge in [0.15, 0.2) is 0 Å². The van der Waals surface area contributed by atoms with Crippen LogP contribution in [0, 0.1) is 0 Å². The largest absolute Gasteiger partial charge is 0.316 e. The van der Waals surface area contributed by atoms with Crippen LogP contribution in [0.1, 0.15) is 50.0 Å². The Kier molecular flexibility index (Phi) is 3.43. The molecule has 20 heavy (non-hydrogen) atoms. The zero-order chi connectivity index (χ0) is 14.3. The van der Waals surface area contributed by atoms with Gasteiger partial charge in [0.1, 0.15) is 0 Å². The number of benzene rings is 1. The van der Waals surface area contributed by atoms with E-state index in [1.54, 1.807) is 0 Å². The maximum absolute atomic E-state index is 2.31. The van der Waals surface area contributed by atoms with Gasteiger partial charge in [-0.05, 0) is 41.7 Å². The molecular formula is C18H21NS. The van der Waals surface area contributed by atoms with Crippen molar-refractivity contribution in [2.45, 2.75) is 39.5 Å². The van der Waals surface area contributed by atoms with Gasteiger partial charge in [0.25, 0.3) is 0 Å². The highest BCUT2D eigenvalue weighted by atomic mass is 32.1. The fraction of sp³-hybridized carbons (Fsp3) is 0.333. The van der Waals surface area contributed by atoms with Crippen LogP contribution in [-0.2, 0) is 0 Å². The van der Waals surface area contributed by atoms with E-state index in [2.05, 4.69) is 74.2 Å². The molecule has 0 amide bonds. The topological polar surface area (TPSA) is 4.93 Å². The van der Waals surface area contributed by atoms with Crippen molar-refractivity contribution in [1.29, 1.82) is 0 Å². The van der Waals surface area contributed by atoms with Crippen molar-refractivity contribution in [3.05, 3.63) is 52.3 Å². The lowest BCUT2D eigenvalue weighted by atomic mass is 10.0. The maximum atomic E-state index is 2.31. The lowest BCUT2D eigenvalue weighted by Crippen LogP contribution is -1.91. The molecule has 0 saturated heterocycles. The van der Waals surface area contributed by atoms with Gasteiger partial charge >= 0.3 is 0 Å². The second kappa shape index (κ2) is 5.10. The quantitative estimate of drug-likeness (QED) is 0.560. The predicted octanol–water partition coefficient (Wildman–Crippen LogP) is 5.94.